The fraction of sp³-hybridized carbons (Fsp3) is 0.360. The Labute approximate surface area is 215 Å². The quantitative estimate of drug-likeness (QED) is 0.328. The summed E-state index contributed by atoms with van der Waals surface area (Å²) in [7, 11) is 1.50. The van der Waals surface area contributed by atoms with E-state index in [0.717, 1.165) is 11.3 Å². The Morgan fingerprint density at radius 2 is 1.84 bits per heavy atom. The molecule has 0 spiro atoms. The van der Waals surface area contributed by atoms with E-state index in [1.165, 1.54) is 11.7 Å². The average Bonchev–Trinajstić information content (AvgIpc) is 3.29. The lowest BCUT2D eigenvalue weighted by molar-refractivity contribution is 0.0635. The van der Waals surface area contributed by atoms with Crippen molar-refractivity contribution in [3.63, 3.8) is 0 Å². The molecule has 0 saturated heterocycles. The third-order valence-electron chi connectivity index (χ3n) is 5.69. The zero-order valence-electron chi connectivity index (χ0n) is 21.4. The molecule has 0 aliphatic carbocycles. The number of ether oxygens (including phenoxy) is 2. The number of carbonyl (C=O) groups is 2. The van der Waals surface area contributed by atoms with Crippen molar-refractivity contribution in [3.05, 3.63) is 39.5 Å². The van der Waals surface area contributed by atoms with Gasteiger partial charge in [-0.05, 0) is 53.2 Å². The van der Waals surface area contributed by atoms with Crippen LogP contribution in [-0.2, 0) is 4.74 Å². The van der Waals surface area contributed by atoms with E-state index in [2.05, 4.69) is 15.3 Å². The SMILES string of the molecule is COc1ccc(C)c(-n2c(NC(=O)OC(C)(C)C)c(C(N)=O)c3c(C(F)F)nc4sc(C)nc4c32)c1C. The lowest BCUT2D eigenvalue weighted by atomic mass is 10.1. The summed E-state index contributed by atoms with van der Waals surface area (Å²) in [6.45, 7) is 10.3. The second kappa shape index (κ2) is 9.25. The Kier molecular flexibility index (Phi) is 6.57. The largest absolute Gasteiger partial charge is 0.496 e. The highest BCUT2D eigenvalue weighted by Gasteiger charge is 2.33. The predicted octanol–water partition coefficient (Wildman–Crippen LogP) is 5.95. The molecule has 12 heteroatoms. The van der Waals surface area contributed by atoms with E-state index < -0.39 is 29.7 Å². The number of thiazole rings is 1. The molecule has 3 heterocycles. The fourth-order valence-corrected chi connectivity index (χ4v) is 5.18. The van der Waals surface area contributed by atoms with Gasteiger partial charge in [0, 0.05) is 10.9 Å². The molecule has 0 unspecified atom stereocenters. The summed E-state index contributed by atoms with van der Waals surface area (Å²) < 4.78 is 41.3. The Balaban J connectivity index is 2.27. The fourth-order valence-electron chi connectivity index (χ4n) is 4.38. The van der Waals surface area contributed by atoms with Crippen molar-refractivity contribution in [2.45, 2.75) is 53.6 Å². The van der Waals surface area contributed by atoms with Crippen LogP contribution < -0.4 is 15.8 Å². The van der Waals surface area contributed by atoms with E-state index in [4.69, 9.17) is 15.2 Å². The Hall–Kier alpha value is -3.80. The highest BCUT2D eigenvalue weighted by molar-refractivity contribution is 7.18. The number of nitrogens with one attached hydrogen (secondary N) is 1. The van der Waals surface area contributed by atoms with Crippen LogP contribution in [0.3, 0.4) is 0 Å². The number of benzene rings is 1. The maximum Gasteiger partial charge on any atom is 0.413 e. The van der Waals surface area contributed by atoms with Gasteiger partial charge in [0.15, 0.2) is 0 Å². The maximum atomic E-state index is 14.4. The van der Waals surface area contributed by atoms with E-state index in [1.54, 1.807) is 46.8 Å². The summed E-state index contributed by atoms with van der Waals surface area (Å²) in [6.07, 6.45) is -3.93. The first-order chi connectivity index (χ1) is 17.2. The zero-order chi connectivity index (χ0) is 27.4. The van der Waals surface area contributed by atoms with Crippen LogP contribution in [0.1, 0.15) is 59.4 Å². The number of carbonyl (C=O) groups excluding carboxylic acids is 2. The standard InChI is InChI=1S/C25H27F2N5O4S/c1-10-8-9-13(35-7)11(2)18(10)32-19-14(16(20(26)27)30-23-17(19)29-12(3)37-23)15(21(28)33)22(32)31-24(34)36-25(4,5)6/h8-9,20H,1-7H3,(H2,28,33)(H,31,34). The third kappa shape index (κ3) is 4.57. The number of nitrogens with two attached hydrogens (primary N) is 1. The second-order valence-corrected chi connectivity index (χ2v) is 10.7. The summed E-state index contributed by atoms with van der Waals surface area (Å²) >= 11 is 1.14. The number of rotatable bonds is 5. The Morgan fingerprint density at radius 3 is 2.41 bits per heavy atom. The number of fused-ring (bicyclic) bond motifs is 3. The van der Waals surface area contributed by atoms with Gasteiger partial charge in [0.25, 0.3) is 12.3 Å². The number of amides is 2. The van der Waals surface area contributed by atoms with Gasteiger partial charge in [-0.1, -0.05) is 17.4 Å². The molecule has 2 amide bonds. The maximum absolute atomic E-state index is 14.4. The van der Waals surface area contributed by atoms with Gasteiger partial charge >= 0.3 is 6.09 Å². The summed E-state index contributed by atoms with van der Waals surface area (Å²) in [5, 5.41) is 3.00. The van der Waals surface area contributed by atoms with Crippen molar-refractivity contribution in [2.24, 2.45) is 5.73 Å². The molecule has 0 aliphatic heterocycles. The number of methoxy groups -OCH3 is 1. The first kappa shape index (κ1) is 26.3. The van der Waals surface area contributed by atoms with Crippen molar-refractivity contribution >= 4 is 50.4 Å². The van der Waals surface area contributed by atoms with Gasteiger partial charge in [0.1, 0.15) is 33.2 Å². The minimum Gasteiger partial charge on any atom is -0.496 e. The first-order valence-electron chi connectivity index (χ1n) is 11.3. The average molecular weight is 532 g/mol. The van der Waals surface area contributed by atoms with Crippen LogP contribution in [0.5, 0.6) is 5.75 Å². The van der Waals surface area contributed by atoms with Crippen LogP contribution in [0.15, 0.2) is 12.1 Å². The van der Waals surface area contributed by atoms with Gasteiger partial charge < -0.3 is 15.2 Å². The van der Waals surface area contributed by atoms with Gasteiger partial charge in [0.05, 0.1) is 28.9 Å². The molecule has 37 heavy (non-hydrogen) atoms. The smallest absolute Gasteiger partial charge is 0.413 e. The molecule has 0 aliphatic rings. The minimum atomic E-state index is -3.04. The molecule has 3 N–H and O–H groups in total. The van der Waals surface area contributed by atoms with E-state index in [0.29, 0.717) is 33.1 Å². The third-order valence-corrected chi connectivity index (χ3v) is 6.55. The van der Waals surface area contributed by atoms with Crippen molar-refractivity contribution < 1.29 is 27.8 Å². The molecular weight excluding hydrogens is 504 g/mol. The molecule has 9 nitrogen and oxygen atoms in total. The molecule has 196 valence electrons. The van der Waals surface area contributed by atoms with Gasteiger partial charge in [-0.2, -0.15) is 0 Å². The van der Waals surface area contributed by atoms with Crippen LogP contribution >= 0.6 is 11.3 Å². The van der Waals surface area contributed by atoms with Crippen LogP contribution in [0.25, 0.3) is 26.9 Å². The van der Waals surface area contributed by atoms with Crippen LogP contribution in [0.2, 0.25) is 0 Å². The summed E-state index contributed by atoms with van der Waals surface area (Å²) in [5.41, 5.74) is 6.26. The normalized spacial score (nSPS) is 11.9. The van der Waals surface area contributed by atoms with Gasteiger partial charge in [-0.15, -0.1) is 0 Å². The molecule has 3 aromatic heterocycles. The summed E-state index contributed by atoms with van der Waals surface area (Å²) in [5.74, 6) is -0.638. The van der Waals surface area contributed by atoms with Gasteiger partial charge in [-0.3, -0.25) is 14.7 Å². The monoisotopic (exact) mass is 531 g/mol. The van der Waals surface area contributed by atoms with Crippen molar-refractivity contribution in [1.82, 2.24) is 14.5 Å². The van der Waals surface area contributed by atoms with Gasteiger partial charge in [-0.25, -0.2) is 23.5 Å². The number of alkyl halides is 2. The van der Waals surface area contributed by atoms with E-state index in [1.807, 2.05) is 6.92 Å². The van der Waals surface area contributed by atoms with E-state index >= 15 is 0 Å². The number of aromatic nitrogens is 3. The van der Waals surface area contributed by atoms with E-state index in [-0.39, 0.29) is 27.1 Å². The predicted molar refractivity (Wildman–Crippen MR) is 138 cm³/mol. The summed E-state index contributed by atoms with van der Waals surface area (Å²) in [4.78, 5) is 34.8. The number of nitrogens with zero attached hydrogens (tertiary/aromatic N) is 3. The number of primary amides is 1. The second-order valence-electron chi connectivity index (χ2n) is 9.52. The van der Waals surface area contributed by atoms with Crippen LogP contribution in [0.4, 0.5) is 19.4 Å². The van der Waals surface area contributed by atoms with Crippen LogP contribution in [-0.4, -0.2) is 39.2 Å². The molecule has 4 aromatic rings. The van der Waals surface area contributed by atoms with Crippen molar-refractivity contribution in [1.29, 1.82) is 0 Å². The molecule has 0 radical (unpaired) electrons. The van der Waals surface area contributed by atoms with Crippen LogP contribution in [0, 0.1) is 20.8 Å². The molecule has 1 aromatic carbocycles. The molecule has 4 rings (SSSR count). The number of halogens is 2. The van der Waals surface area contributed by atoms with Gasteiger partial charge in [0.2, 0.25) is 0 Å². The number of pyridine rings is 1. The summed E-state index contributed by atoms with van der Waals surface area (Å²) in [6, 6.07) is 3.55. The lowest BCUT2D eigenvalue weighted by Crippen LogP contribution is -2.29. The van der Waals surface area contributed by atoms with Crippen molar-refractivity contribution in [3.8, 4) is 11.4 Å². The number of anilines is 1. The molecule has 0 bridgehead atoms. The first-order valence-corrected chi connectivity index (χ1v) is 12.1. The number of hydrogen-bond donors (Lipinski definition) is 2. The lowest BCUT2D eigenvalue weighted by Gasteiger charge is -2.22. The molecule has 0 saturated carbocycles. The molecule has 0 atom stereocenters. The molecule has 0 fully saturated rings. The number of aryl methyl sites for hydroxylation is 2. The van der Waals surface area contributed by atoms with Crippen molar-refractivity contribution in [2.75, 3.05) is 12.4 Å². The Bertz CT molecular complexity index is 1570. The molecular formula is C25H27F2N5O4S. The minimum absolute atomic E-state index is 0.127. The topological polar surface area (TPSA) is 121 Å². The Morgan fingerprint density at radius 1 is 1.16 bits per heavy atom. The van der Waals surface area contributed by atoms with E-state index in [9.17, 15) is 18.4 Å². The zero-order valence-corrected chi connectivity index (χ0v) is 22.3. The highest BCUT2D eigenvalue weighted by Crippen LogP contribution is 2.44. The number of hydrogen-bond acceptors (Lipinski definition) is 7. The highest BCUT2D eigenvalue weighted by atomic mass is 32.1.